The highest BCUT2D eigenvalue weighted by Crippen LogP contribution is 2.23. The maximum atomic E-state index is 9.66. The molecule has 0 spiro atoms. The number of hydrogen-bond donors (Lipinski definition) is 4. The van der Waals surface area contributed by atoms with Crippen LogP contribution in [0.2, 0.25) is 0 Å². The lowest BCUT2D eigenvalue weighted by atomic mass is 9.93. The van der Waals surface area contributed by atoms with Gasteiger partial charge in [0.05, 0.1) is 12.7 Å². The second-order valence-electron chi connectivity index (χ2n) is 3.96. The fraction of sp³-hybridized carbons (Fsp3) is 1.00. The molecule has 8 nitrogen and oxygen atoms in total. The second kappa shape index (κ2) is 6.75. The first-order valence-electron chi connectivity index (χ1n) is 5.43. The summed E-state index contributed by atoms with van der Waals surface area (Å²) in [5.74, 6) is 0. The molecule has 0 bridgehead atoms. The van der Waals surface area contributed by atoms with Crippen LogP contribution in [0.3, 0.4) is 0 Å². The maximum Gasteiger partial charge on any atom is 0.111 e. The monoisotopic (exact) mass is 247 g/mol. The van der Waals surface area contributed by atoms with Crippen molar-refractivity contribution in [3.8, 4) is 0 Å². The normalized spacial score (nSPS) is 37.5. The third-order valence-corrected chi connectivity index (χ3v) is 2.80. The summed E-state index contributed by atoms with van der Waals surface area (Å²) in [6.07, 6.45) is -4.57. The van der Waals surface area contributed by atoms with Crippen LogP contribution in [0.15, 0.2) is 5.11 Å². The van der Waals surface area contributed by atoms with Crippen LogP contribution < -0.4 is 0 Å². The molecule has 1 saturated heterocycles. The first-order valence-corrected chi connectivity index (χ1v) is 5.43. The van der Waals surface area contributed by atoms with E-state index in [4.69, 9.17) is 15.4 Å². The zero-order valence-corrected chi connectivity index (χ0v) is 9.25. The van der Waals surface area contributed by atoms with E-state index in [9.17, 15) is 15.3 Å². The smallest absolute Gasteiger partial charge is 0.111 e. The second-order valence-corrected chi connectivity index (χ2v) is 3.96. The molecule has 17 heavy (non-hydrogen) atoms. The molecule has 0 amide bonds. The van der Waals surface area contributed by atoms with Gasteiger partial charge in [0.25, 0.3) is 0 Å². The molecule has 0 aromatic rings. The standard InChI is InChI=1S/C9H17N3O5/c10-12-11-3-1-2-5-7(14)9(16)8(15)6(4-13)17-5/h5-9,13-16H,1-4H2/t5-,6?,7?,8-,9+/m0/s1. The molecule has 1 aliphatic heterocycles. The number of hydrogen-bond acceptors (Lipinski definition) is 6. The number of azide groups is 1. The summed E-state index contributed by atoms with van der Waals surface area (Å²) in [6, 6.07) is 0. The zero-order chi connectivity index (χ0) is 12.8. The van der Waals surface area contributed by atoms with Crippen molar-refractivity contribution in [2.75, 3.05) is 13.2 Å². The van der Waals surface area contributed by atoms with Crippen LogP contribution in [0.5, 0.6) is 0 Å². The van der Waals surface area contributed by atoms with Crippen LogP contribution >= 0.6 is 0 Å². The van der Waals surface area contributed by atoms with Crippen molar-refractivity contribution < 1.29 is 25.2 Å². The van der Waals surface area contributed by atoms with Gasteiger partial charge in [0, 0.05) is 11.5 Å². The summed E-state index contributed by atoms with van der Waals surface area (Å²) in [5.41, 5.74) is 8.08. The third kappa shape index (κ3) is 3.53. The molecule has 1 fully saturated rings. The maximum absolute atomic E-state index is 9.66. The summed E-state index contributed by atoms with van der Waals surface area (Å²) in [5, 5.41) is 41.0. The van der Waals surface area contributed by atoms with Crippen molar-refractivity contribution in [3.63, 3.8) is 0 Å². The molecular formula is C9H17N3O5. The Labute approximate surface area is 98.1 Å². The molecule has 0 radical (unpaired) electrons. The highest BCUT2D eigenvalue weighted by molar-refractivity contribution is 4.91. The third-order valence-electron chi connectivity index (χ3n) is 2.80. The van der Waals surface area contributed by atoms with Crippen LogP contribution in [0.4, 0.5) is 0 Å². The first-order chi connectivity index (χ1) is 8.11. The molecule has 0 aromatic heterocycles. The summed E-state index contributed by atoms with van der Waals surface area (Å²) in [4.78, 5) is 2.59. The van der Waals surface area contributed by atoms with E-state index in [1.165, 1.54) is 0 Å². The molecule has 1 heterocycles. The number of nitrogens with zero attached hydrogens (tertiary/aromatic N) is 3. The number of rotatable bonds is 5. The predicted octanol–water partition coefficient (Wildman–Crippen LogP) is -1.08. The Bertz CT molecular complexity index is 282. The Morgan fingerprint density at radius 2 is 1.76 bits per heavy atom. The first kappa shape index (κ1) is 14.2. The van der Waals surface area contributed by atoms with Crippen LogP contribution in [0.1, 0.15) is 12.8 Å². The fourth-order valence-corrected chi connectivity index (χ4v) is 1.83. The Hall–Kier alpha value is -0.890. The van der Waals surface area contributed by atoms with Gasteiger partial charge in [0.2, 0.25) is 0 Å². The molecule has 1 rings (SSSR count). The summed E-state index contributed by atoms with van der Waals surface area (Å²) >= 11 is 0. The number of aliphatic hydroxyl groups is 4. The number of ether oxygens (including phenoxy) is 1. The summed E-state index contributed by atoms with van der Waals surface area (Å²) in [7, 11) is 0. The van der Waals surface area contributed by atoms with Crippen molar-refractivity contribution in [2.24, 2.45) is 5.11 Å². The van der Waals surface area contributed by atoms with Gasteiger partial charge >= 0.3 is 0 Å². The lowest BCUT2D eigenvalue weighted by molar-refractivity contribution is -0.230. The molecule has 0 aromatic carbocycles. The van der Waals surface area contributed by atoms with Gasteiger partial charge in [0.1, 0.15) is 24.4 Å². The minimum atomic E-state index is -1.34. The molecule has 1 aliphatic rings. The van der Waals surface area contributed by atoms with Gasteiger partial charge in [-0.2, -0.15) is 0 Å². The van der Waals surface area contributed by atoms with Crippen molar-refractivity contribution in [2.45, 2.75) is 43.4 Å². The molecule has 4 N–H and O–H groups in total. The van der Waals surface area contributed by atoms with Crippen LogP contribution in [0.25, 0.3) is 10.4 Å². The molecule has 2 unspecified atom stereocenters. The van der Waals surface area contributed by atoms with E-state index in [1.807, 2.05) is 0 Å². The molecular weight excluding hydrogens is 230 g/mol. The van der Waals surface area contributed by atoms with Gasteiger partial charge < -0.3 is 25.2 Å². The minimum absolute atomic E-state index is 0.269. The molecule has 0 aliphatic carbocycles. The van der Waals surface area contributed by atoms with Gasteiger partial charge in [-0.1, -0.05) is 5.11 Å². The quantitative estimate of drug-likeness (QED) is 0.212. The van der Waals surface area contributed by atoms with Gasteiger partial charge in [-0.05, 0) is 18.4 Å². The van der Waals surface area contributed by atoms with E-state index < -0.39 is 37.1 Å². The van der Waals surface area contributed by atoms with Gasteiger partial charge in [-0.25, -0.2) is 0 Å². The predicted molar refractivity (Wildman–Crippen MR) is 57.0 cm³/mol. The van der Waals surface area contributed by atoms with E-state index in [0.29, 0.717) is 12.8 Å². The Balaban J connectivity index is 2.50. The highest BCUT2D eigenvalue weighted by Gasteiger charge is 2.42. The molecule has 5 atom stereocenters. The van der Waals surface area contributed by atoms with Gasteiger partial charge in [-0.3, -0.25) is 0 Å². The topological polar surface area (TPSA) is 139 Å². The summed E-state index contributed by atoms with van der Waals surface area (Å²) in [6.45, 7) is -0.163. The summed E-state index contributed by atoms with van der Waals surface area (Å²) < 4.78 is 5.27. The largest absolute Gasteiger partial charge is 0.394 e. The van der Waals surface area contributed by atoms with Crippen molar-refractivity contribution in [1.29, 1.82) is 0 Å². The Morgan fingerprint density at radius 1 is 1.12 bits per heavy atom. The van der Waals surface area contributed by atoms with Crippen LogP contribution in [0, 0.1) is 0 Å². The SMILES string of the molecule is [N-]=[N+]=NCCC[C@@H]1OC(CO)[C@H](O)[C@H](O)C1O. The van der Waals surface area contributed by atoms with Gasteiger partial charge in [0.15, 0.2) is 0 Å². The zero-order valence-electron chi connectivity index (χ0n) is 9.25. The average molecular weight is 247 g/mol. The Kier molecular flexibility index (Phi) is 5.63. The lowest BCUT2D eigenvalue weighted by Crippen LogP contribution is -2.58. The van der Waals surface area contributed by atoms with Crippen molar-refractivity contribution in [3.05, 3.63) is 10.4 Å². The Morgan fingerprint density at radius 3 is 2.35 bits per heavy atom. The molecule has 0 saturated carbocycles. The lowest BCUT2D eigenvalue weighted by Gasteiger charge is -2.40. The number of aliphatic hydroxyl groups excluding tert-OH is 4. The van der Waals surface area contributed by atoms with E-state index in [2.05, 4.69) is 10.0 Å². The van der Waals surface area contributed by atoms with Crippen LogP contribution in [-0.4, -0.2) is 64.1 Å². The fourth-order valence-electron chi connectivity index (χ4n) is 1.83. The average Bonchev–Trinajstić information content (AvgIpc) is 2.34. The van der Waals surface area contributed by atoms with Crippen molar-refractivity contribution >= 4 is 0 Å². The molecule has 8 heteroatoms. The minimum Gasteiger partial charge on any atom is -0.394 e. The van der Waals surface area contributed by atoms with E-state index in [0.717, 1.165) is 0 Å². The highest BCUT2D eigenvalue weighted by atomic mass is 16.5. The molecule has 98 valence electrons. The van der Waals surface area contributed by atoms with Crippen LogP contribution in [-0.2, 0) is 4.74 Å². The van der Waals surface area contributed by atoms with E-state index in [-0.39, 0.29) is 6.54 Å². The van der Waals surface area contributed by atoms with Crippen molar-refractivity contribution in [1.82, 2.24) is 0 Å². The van der Waals surface area contributed by atoms with E-state index >= 15 is 0 Å². The van der Waals surface area contributed by atoms with Gasteiger partial charge in [-0.15, -0.1) is 0 Å². The van der Waals surface area contributed by atoms with E-state index in [1.54, 1.807) is 0 Å².